The molecule has 0 radical (unpaired) electrons. The maximum absolute atomic E-state index is 12.3. The standard InChI is InChI=1S/C13H14ClN3O2/c1-4-9-11(14)16-13(19)17(12(9)18)10-6-5-7(2)15-8(10)3/h5-6H,4H2,1-3H3,(H,16,19). The van der Waals surface area contributed by atoms with Crippen LogP contribution in [0.5, 0.6) is 0 Å². The van der Waals surface area contributed by atoms with Crippen LogP contribution in [0.15, 0.2) is 21.7 Å². The molecule has 19 heavy (non-hydrogen) atoms. The molecule has 0 aliphatic carbocycles. The van der Waals surface area contributed by atoms with Crippen LogP contribution in [0.1, 0.15) is 23.9 Å². The zero-order valence-electron chi connectivity index (χ0n) is 11.0. The quantitative estimate of drug-likeness (QED) is 0.852. The smallest absolute Gasteiger partial charge is 0.297 e. The molecule has 0 fully saturated rings. The summed E-state index contributed by atoms with van der Waals surface area (Å²) in [5.41, 5.74) is 1.36. The van der Waals surface area contributed by atoms with Crippen molar-refractivity contribution in [2.45, 2.75) is 27.2 Å². The van der Waals surface area contributed by atoms with Gasteiger partial charge in [-0.15, -0.1) is 0 Å². The zero-order chi connectivity index (χ0) is 14.2. The van der Waals surface area contributed by atoms with Gasteiger partial charge in [0.1, 0.15) is 5.15 Å². The molecule has 2 aromatic heterocycles. The Morgan fingerprint density at radius 2 is 2.00 bits per heavy atom. The van der Waals surface area contributed by atoms with Crippen molar-refractivity contribution in [1.29, 1.82) is 0 Å². The number of rotatable bonds is 2. The van der Waals surface area contributed by atoms with Gasteiger partial charge in [-0.1, -0.05) is 18.5 Å². The molecular formula is C13H14ClN3O2. The van der Waals surface area contributed by atoms with Crippen molar-refractivity contribution >= 4 is 11.6 Å². The Kier molecular flexibility index (Phi) is 3.57. The van der Waals surface area contributed by atoms with E-state index in [-0.39, 0.29) is 5.15 Å². The third-order valence-corrected chi connectivity index (χ3v) is 3.26. The third-order valence-electron chi connectivity index (χ3n) is 2.94. The molecule has 0 saturated heterocycles. The number of hydrogen-bond donors (Lipinski definition) is 1. The maximum Gasteiger partial charge on any atom is 0.334 e. The van der Waals surface area contributed by atoms with E-state index < -0.39 is 11.2 Å². The maximum atomic E-state index is 12.3. The Bertz CT molecular complexity index is 747. The summed E-state index contributed by atoms with van der Waals surface area (Å²) in [4.78, 5) is 31.0. The summed E-state index contributed by atoms with van der Waals surface area (Å²) in [5, 5.41) is 0.103. The average molecular weight is 280 g/mol. The minimum atomic E-state index is -0.555. The van der Waals surface area contributed by atoms with Crippen molar-refractivity contribution in [2.75, 3.05) is 0 Å². The topological polar surface area (TPSA) is 67.8 Å². The zero-order valence-corrected chi connectivity index (χ0v) is 11.7. The van der Waals surface area contributed by atoms with Gasteiger partial charge in [0.15, 0.2) is 0 Å². The number of halogens is 1. The van der Waals surface area contributed by atoms with Crippen LogP contribution in [0, 0.1) is 13.8 Å². The molecule has 2 rings (SSSR count). The van der Waals surface area contributed by atoms with Crippen LogP contribution >= 0.6 is 11.6 Å². The minimum Gasteiger partial charge on any atom is -0.297 e. The number of hydrogen-bond acceptors (Lipinski definition) is 3. The van der Waals surface area contributed by atoms with E-state index in [2.05, 4.69) is 9.97 Å². The number of nitrogens with zero attached hydrogens (tertiary/aromatic N) is 2. The molecule has 0 aliphatic heterocycles. The monoisotopic (exact) mass is 279 g/mol. The summed E-state index contributed by atoms with van der Waals surface area (Å²) in [6, 6.07) is 3.47. The van der Waals surface area contributed by atoms with Crippen molar-refractivity contribution in [3.05, 3.63) is 55.1 Å². The van der Waals surface area contributed by atoms with Crippen LogP contribution in [0.4, 0.5) is 0 Å². The SMILES string of the molecule is CCc1c(Cl)[nH]c(=O)n(-c2ccc(C)nc2C)c1=O. The highest BCUT2D eigenvalue weighted by atomic mass is 35.5. The van der Waals surface area contributed by atoms with Gasteiger partial charge < -0.3 is 0 Å². The second-order valence-corrected chi connectivity index (χ2v) is 4.65. The summed E-state index contributed by atoms with van der Waals surface area (Å²) in [7, 11) is 0. The number of aryl methyl sites for hydroxylation is 2. The number of pyridine rings is 1. The molecule has 0 aliphatic rings. The van der Waals surface area contributed by atoms with Crippen molar-refractivity contribution < 1.29 is 0 Å². The van der Waals surface area contributed by atoms with E-state index >= 15 is 0 Å². The predicted molar refractivity (Wildman–Crippen MR) is 74.3 cm³/mol. The second-order valence-electron chi connectivity index (χ2n) is 4.27. The summed E-state index contributed by atoms with van der Waals surface area (Å²) in [6.07, 6.45) is 0.451. The molecule has 2 aromatic rings. The third kappa shape index (κ3) is 2.33. The Balaban J connectivity index is 2.83. The van der Waals surface area contributed by atoms with E-state index in [4.69, 9.17) is 11.6 Å². The molecule has 0 amide bonds. The van der Waals surface area contributed by atoms with Gasteiger partial charge in [-0.05, 0) is 32.4 Å². The van der Waals surface area contributed by atoms with Crippen LogP contribution in [0.2, 0.25) is 5.15 Å². The largest absolute Gasteiger partial charge is 0.334 e. The van der Waals surface area contributed by atoms with E-state index in [0.29, 0.717) is 23.4 Å². The van der Waals surface area contributed by atoms with Crippen molar-refractivity contribution in [2.24, 2.45) is 0 Å². The molecule has 0 unspecified atom stereocenters. The Morgan fingerprint density at radius 1 is 1.32 bits per heavy atom. The van der Waals surface area contributed by atoms with Crippen LogP contribution in [0.3, 0.4) is 0 Å². The fourth-order valence-electron chi connectivity index (χ4n) is 1.99. The van der Waals surface area contributed by atoms with Crippen LogP contribution in [0.25, 0.3) is 5.69 Å². The van der Waals surface area contributed by atoms with Crippen molar-refractivity contribution in [1.82, 2.24) is 14.5 Å². The van der Waals surface area contributed by atoms with Crippen LogP contribution in [-0.2, 0) is 6.42 Å². The fourth-order valence-corrected chi connectivity index (χ4v) is 2.28. The number of H-pyrrole nitrogens is 1. The highest BCUT2D eigenvalue weighted by Crippen LogP contribution is 2.11. The lowest BCUT2D eigenvalue weighted by Gasteiger charge is -2.10. The fraction of sp³-hybridized carbons (Fsp3) is 0.308. The first-order valence-electron chi connectivity index (χ1n) is 5.94. The highest BCUT2D eigenvalue weighted by Gasteiger charge is 2.14. The molecule has 6 heteroatoms. The molecule has 2 heterocycles. The minimum absolute atomic E-state index is 0.103. The second kappa shape index (κ2) is 5.01. The highest BCUT2D eigenvalue weighted by molar-refractivity contribution is 6.30. The van der Waals surface area contributed by atoms with Gasteiger partial charge in [0.05, 0.1) is 16.9 Å². The van der Waals surface area contributed by atoms with E-state index in [9.17, 15) is 9.59 Å². The van der Waals surface area contributed by atoms with Gasteiger partial charge in [-0.3, -0.25) is 14.8 Å². The van der Waals surface area contributed by atoms with E-state index in [1.54, 1.807) is 19.1 Å². The Morgan fingerprint density at radius 3 is 2.58 bits per heavy atom. The van der Waals surface area contributed by atoms with Gasteiger partial charge in [-0.25, -0.2) is 9.36 Å². The molecule has 0 aromatic carbocycles. The molecule has 0 spiro atoms. The van der Waals surface area contributed by atoms with Gasteiger partial charge in [-0.2, -0.15) is 0 Å². The normalized spacial score (nSPS) is 10.7. The van der Waals surface area contributed by atoms with Crippen LogP contribution < -0.4 is 11.2 Å². The summed E-state index contributed by atoms with van der Waals surface area (Å²) in [5.74, 6) is 0. The van der Waals surface area contributed by atoms with Crippen molar-refractivity contribution in [3.63, 3.8) is 0 Å². The lowest BCUT2D eigenvalue weighted by molar-refractivity contribution is 0.828. The molecule has 0 bridgehead atoms. The summed E-state index contributed by atoms with van der Waals surface area (Å²) >= 11 is 5.87. The summed E-state index contributed by atoms with van der Waals surface area (Å²) < 4.78 is 1.08. The number of aromatic amines is 1. The number of nitrogens with one attached hydrogen (secondary N) is 1. The first-order chi connectivity index (χ1) is 8.95. The predicted octanol–water partition coefficient (Wildman–Crippen LogP) is 1.75. The average Bonchev–Trinajstić information content (AvgIpc) is 2.31. The van der Waals surface area contributed by atoms with E-state index in [1.807, 2.05) is 13.8 Å². The van der Waals surface area contributed by atoms with Gasteiger partial charge in [0.25, 0.3) is 5.56 Å². The Hall–Kier alpha value is -1.88. The first-order valence-corrected chi connectivity index (χ1v) is 6.31. The molecular weight excluding hydrogens is 266 g/mol. The van der Waals surface area contributed by atoms with E-state index in [1.165, 1.54) is 0 Å². The van der Waals surface area contributed by atoms with Gasteiger partial charge in [0, 0.05) is 5.69 Å². The molecule has 0 saturated carbocycles. The van der Waals surface area contributed by atoms with Crippen LogP contribution in [-0.4, -0.2) is 14.5 Å². The molecule has 100 valence electrons. The van der Waals surface area contributed by atoms with E-state index in [0.717, 1.165) is 10.3 Å². The Labute approximate surface area is 114 Å². The van der Waals surface area contributed by atoms with Crippen molar-refractivity contribution in [3.8, 4) is 5.69 Å². The van der Waals surface area contributed by atoms with Gasteiger partial charge in [0.2, 0.25) is 0 Å². The molecule has 5 nitrogen and oxygen atoms in total. The van der Waals surface area contributed by atoms with Gasteiger partial charge >= 0.3 is 5.69 Å². The molecule has 1 N–H and O–H groups in total. The number of aromatic nitrogens is 3. The first kappa shape index (κ1) is 13.5. The summed E-state index contributed by atoms with van der Waals surface area (Å²) in [6.45, 7) is 5.42. The lowest BCUT2D eigenvalue weighted by atomic mass is 10.2. The lowest BCUT2D eigenvalue weighted by Crippen LogP contribution is -2.36. The molecule has 0 atom stereocenters.